The van der Waals surface area contributed by atoms with Crippen molar-refractivity contribution in [3.8, 4) is 0 Å². The number of halogens is 3. The molecule has 2 rings (SSSR count). The summed E-state index contributed by atoms with van der Waals surface area (Å²) in [7, 11) is -0.923. The van der Waals surface area contributed by atoms with Crippen LogP contribution < -0.4 is 0 Å². The maximum Gasteiger partial charge on any atom is 0.144 e. The Morgan fingerprint density at radius 2 is 2.21 bits per heavy atom. The van der Waals surface area contributed by atoms with Gasteiger partial charge in [-0.05, 0) is 13.0 Å². The van der Waals surface area contributed by atoms with E-state index < -0.39 is 16.6 Å². The Kier molecular flexibility index (Phi) is 4.48. The van der Waals surface area contributed by atoms with Crippen molar-refractivity contribution >= 4 is 45.0 Å². The Balaban J connectivity index is 2.58. The molecule has 19 heavy (non-hydrogen) atoms. The molecule has 1 heterocycles. The van der Waals surface area contributed by atoms with Crippen molar-refractivity contribution in [2.24, 2.45) is 0 Å². The summed E-state index contributed by atoms with van der Waals surface area (Å²) < 4.78 is 26.5. The maximum atomic E-state index is 13.4. The second-order valence-corrected chi connectivity index (χ2v) is 6.89. The van der Waals surface area contributed by atoms with Crippen molar-refractivity contribution in [2.45, 2.75) is 18.8 Å². The molecule has 2 aromatic rings. The Morgan fingerprint density at radius 3 is 2.79 bits per heavy atom. The summed E-state index contributed by atoms with van der Waals surface area (Å²) in [5.41, 5.74) is 1.21. The van der Waals surface area contributed by atoms with Gasteiger partial charge in [-0.2, -0.15) is 0 Å². The number of nitrogens with zero attached hydrogens (tertiary/aromatic N) is 2. The molecule has 0 aliphatic carbocycles. The third-order valence-corrected chi connectivity index (χ3v) is 4.02. The standard InChI is InChI=1S/C12H13Cl2FN2OS/c1-7(13)12-16-10-6-9(15)8(14)5-11(10)17(12)3-4-19(2)18/h5-7H,3-4H2,1-2H3. The molecule has 104 valence electrons. The van der Waals surface area contributed by atoms with Crippen LogP contribution in [0.1, 0.15) is 18.1 Å². The van der Waals surface area contributed by atoms with Crippen molar-refractivity contribution in [1.29, 1.82) is 0 Å². The van der Waals surface area contributed by atoms with Crippen LogP contribution in [0.4, 0.5) is 4.39 Å². The van der Waals surface area contributed by atoms with Crippen LogP contribution in [0.25, 0.3) is 11.0 Å². The number of hydrogen-bond donors (Lipinski definition) is 0. The minimum Gasteiger partial charge on any atom is -0.326 e. The fourth-order valence-corrected chi connectivity index (χ4v) is 2.66. The first-order chi connectivity index (χ1) is 8.90. The van der Waals surface area contributed by atoms with Crippen LogP contribution >= 0.6 is 23.2 Å². The van der Waals surface area contributed by atoms with Crippen LogP contribution in [0, 0.1) is 5.82 Å². The zero-order chi connectivity index (χ0) is 14.2. The minimum absolute atomic E-state index is 0.0417. The van der Waals surface area contributed by atoms with Gasteiger partial charge in [0.05, 0.1) is 21.4 Å². The molecular formula is C12H13Cl2FN2OS. The van der Waals surface area contributed by atoms with Gasteiger partial charge < -0.3 is 4.57 Å². The number of rotatable bonds is 4. The molecule has 2 unspecified atom stereocenters. The predicted octanol–water partition coefficient (Wildman–Crippen LogP) is 3.51. The normalized spacial score (nSPS) is 14.8. The van der Waals surface area contributed by atoms with E-state index in [4.69, 9.17) is 23.2 Å². The monoisotopic (exact) mass is 322 g/mol. The molecule has 0 aliphatic rings. The molecule has 1 aromatic heterocycles. The first kappa shape index (κ1) is 14.8. The molecule has 2 atom stereocenters. The van der Waals surface area contributed by atoms with Gasteiger partial charge in [0, 0.05) is 35.4 Å². The molecule has 0 radical (unpaired) electrons. The lowest BCUT2D eigenvalue weighted by atomic mass is 10.3. The second-order valence-electron chi connectivity index (χ2n) is 4.27. The molecule has 0 aliphatic heterocycles. The minimum atomic E-state index is -0.923. The van der Waals surface area contributed by atoms with Gasteiger partial charge in [0.1, 0.15) is 11.6 Å². The SMILES string of the molecule is CC(Cl)c1nc2cc(F)c(Cl)cc2n1CCS(C)=O. The van der Waals surface area contributed by atoms with Crippen LogP contribution in [0.5, 0.6) is 0 Å². The highest BCUT2D eigenvalue weighted by molar-refractivity contribution is 7.84. The van der Waals surface area contributed by atoms with Crippen LogP contribution in [0.15, 0.2) is 12.1 Å². The fraction of sp³-hybridized carbons (Fsp3) is 0.417. The van der Waals surface area contributed by atoms with Crippen molar-refractivity contribution in [3.63, 3.8) is 0 Å². The smallest absolute Gasteiger partial charge is 0.144 e. The van der Waals surface area contributed by atoms with Crippen molar-refractivity contribution < 1.29 is 8.60 Å². The summed E-state index contributed by atoms with van der Waals surface area (Å²) in [4.78, 5) is 4.33. The molecule has 1 aromatic carbocycles. The molecule has 0 saturated heterocycles. The van der Waals surface area contributed by atoms with E-state index in [0.717, 1.165) is 0 Å². The van der Waals surface area contributed by atoms with Crippen molar-refractivity contribution in [1.82, 2.24) is 9.55 Å². The van der Waals surface area contributed by atoms with E-state index in [1.165, 1.54) is 12.1 Å². The third-order valence-electron chi connectivity index (χ3n) is 2.78. The molecule has 0 fully saturated rings. The largest absolute Gasteiger partial charge is 0.326 e. The summed E-state index contributed by atoms with van der Waals surface area (Å²) in [6.45, 7) is 2.30. The van der Waals surface area contributed by atoms with Gasteiger partial charge in [0.2, 0.25) is 0 Å². The van der Waals surface area contributed by atoms with Crippen molar-refractivity contribution in [3.05, 3.63) is 28.8 Å². The number of fused-ring (bicyclic) bond motifs is 1. The first-order valence-electron chi connectivity index (χ1n) is 5.69. The zero-order valence-electron chi connectivity index (χ0n) is 10.5. The molecule has 0 spiro atoms. The molecule has 0 bridgehead atoms. The number of aromatic nitrogens is 2. The molecule has 0 N–H and O–H groups in total. The van der Waals surface area contributed by atoms with E-state index in [9.17, 15) is 8.60 Å². The molecule has 0 amide bonds. The van der Waals surface area contributed by atoms with Gasteiger partial charge >= 0.3 is 0 Å². The lowest BCUT2D eigenvalue weighted by Gasteiger charge is -2.09. The van der Waals surface area contributed by atoms with E-state index in [1.807, 2.05) is 4.57 Å². The number of hydrogen-bond acceptors (Lipinski definition) is 2. The number of benzene rings is 1. The summed E-state index contributed by atoms with van der Waals surface area (Å²) in [6, 6.07) is 2.82. The van der Waals surface area contributed by atoms with Crippen molar-refractivity contribution in [2.75, 3.05) is 12.0 Å². The van der Waals surface area contributed by atoms with Crippen LogP contribution in [-0.4, -0.2) is 25.8 Å². The second kappa shape index (κ2) is 5.77. The van der Waals surface area contributed by atoms with E-state index in [-0.39, 0.29) is 10.4 Å². The van der Waals surface area contributed by atoms with Gasteiger partial charge in [-0.3, -0.25) is 4.21 Å². The molecular weight excluding hydrogens is 310 g/mol. The molecule has 7 heteroatoms. The maximum absolute atomic E-state index is 13.4. The first-order valence-corrected chi connectivity index (χ1v) is 8.23. The average Bonchev–Trinajstić information content (AvgIpc) is 2.65. The Bertz CT molecular complexity index is 642. The fourth-order valence-electron chi connectivity index (χ4n) is 1.90. The quantitative estimate of drug-likeness (QED) is 0.807. The van der Waals surface area contributed by atoms with Gasteiger partial charge in [0.15, 0.2) is 0 Å². The lowest BCUT2D eigenvalue weighted by Crippen LogP contribution is -2.10. The Hall–Kier alpha value is -0.650. The Labute approximate surface area is 123 Å². The summed E-state index contributed by atoms with van der Waals surface area (Å²) in [5, 5.41) is -0.278. The van der Waals surface area contributed by atoms with Gasteiger partial charge in [-0.1, -0.05) is 11.6 Å². The van der Waals surface area contributed by atoms with E-state index >= 15 is 0 Å². The highest BCUT2D eigenvalue weighted by Crippen LogP contribution is 2.28. The molecule has 0 saturated carbocycles. The van der Waals surface area contributed by atoms with Gasteiger partial charge in [0.25, 0.3) is 0 Å². The van der Waals surface area contributed by atoms with E-state index in [1.54, 1.807) is 13.2 Å². The zero-order valence-corrected chi connectivity index (χ0v) is 12.8. The summed E-state index contributed by atoms with van der Waals surface area (Å²) in [5.74, 6) is 0.604. The Morgan fingerprint density at radius 1 is 1.53 bits per heavy atom. The highest BCUT2D eigenvalue weighted by Gasteiger charge is 2.17. The summed E-state index contributed by atoms with van der Waals surface area (Å²) in [6.07, 6.45) is 1.63. The predicted molar refractivity (Wildman–Crippen MR) is 77.9 cm³/mol. The van der Waals surface area contributed by atoms with Crippen LogP contribution in [0.3, 0.4) is 0 Å². The van der Waals surface area contributed by atoms with Gasteiger partial charge in [-0.15, -0.1) is 11.6 Å². The van der Waals surface area contributed by atoms with E-state index in [0.29, 0.717) is 29.2 Å². The summed E-state index contributed by atoms with van der Waals surface area (Å²) >= 11 is 11.9. The topological polar surface area (TPSA) is 34.9 Å². The number of imidazole rings is 1. The van der Waals surface area contributed by atoms with E-state index in [2.05, 4.69) is 4.98 Å². The average molecular weight is 323 g/mol. The van der Waals surface area contributed by atoms with Crippen LogP contribution in [0.2, 0.25) is 5.02 Å². The lowest BCUT2D eigenvalue weighted by molar-refractivity contribution is 0.629. The molecule has 3 nitrogen and oxygen atoms in total. The van der Waals surface area contributed by atoms with Gasteiger partial charge in [-0.25, -0.2) is 9.37 Å². The third kappa shape index (κ3) is 3.09. The number of aryl methyl sites for hydroxylation is 1. The number of alkyl halides is 1. The van der Waals surface area contributed by atoms with Crippen LogP contribution in [-0.2, 0) is 17.3 Å². The highest BCUT2D eigenvalue weighted by atomic mass is 35.5.